The van der Waals surface area contributed by atoms with Gasteiger partial charge in [-0.1, -0.05) is 30.3 Å². The molecule has 24 heavy (non-hydrogen) atoms. The van der Waals surface area contributed by atoms with Crippen LogP contribution in [0.3, 0.4) is 0 Å². The van der Waals surface area contributed by atoms with Crippen molar-refractivity contribution in [2.24, 2.45) is 5.92 Å². The molecule has 0 bridgehead atoms. The van der Waals surface area contributed by atoms with Gasteiger partial charge in [0.05, 0.1) is 12.6 Å². The Morgan fingerprint density at radius 3 is 2.46 bits per heavy atom. The van der Waals surface area contributed by atoms with Crippen LogP contribution in [0.1, 0.15) is 18.5 Å². The molecule has 132 valence electrons. The molecule has 1 aromatic carbocycles. The highest BCUT2D eigenvalue weighted by molar-refractivity contribution is 5.83. The fourth-order valence-electron chi connectivity index (χ4n) is 2.74. The van der Waals surface area contributed by atoms with Gasteiger partial charge in [-0.25, -0.2) is 4.79 Å². The number of rotatable bonds is 3. The quantitative estimate of drug-likeness (QED) is 0.819. The van der Waals surface area contributed by atoms with Gasteiger partial charge in [0.25, 0.3) is 5.72 Å². The summed E-state index contributed by atoms with van der Waals surface area (Å²) < 4.78 is 45.6. The van der Waals surface area contributed by atoms with Gasteiger partial charge >= 0.3 is 18.2 Å². The summed E-state index contributed by atoms with van der Waals surface area (Å²) in [5.74, 6) is -3.33. The lowest BCUT2D eigenvalue weighted by Crippen LogP contribution is -2.73. The van der Waals surface area contributed by atoms with Crippen molar-refractivity contribution in [3.8, 4) is 0 Å². The number of carbonyl (C=O) groups is 2. The second kappa shape index (κ2) is 6.31. The SMILES string of the molecule is CCOC(=O)[C@H]1[C@H](c2ccccc2)NC(=O)N(C)[C@]1(O)C(F)(F)F. The zero-order valence-electron chi connectivity index (χ0n) is 13.0. The Labute approximate surface area is 136 Å². The molecule has 0 unspecified atom stereocenters. The van der Waals surface area contributed by atoms with E-state index in [1.807, 2.05) is 0 Å². The zero-order chi connectivity index (χ0) is 18.1. The molecule has 1 saturated heterocycles. The molecule has 6 nitrogen and oxygen atoms in total. The third kappa shape index (κ3) is 2.79. The molecule has 1 aliphatic heterocycles. The third-order valence-electron chi connectivity index (χ3n) is 3.98. The predicted octanol–water partition coefficient (Wildman–Crippen LogP) is 1.81. The second-order valence-corrected chi connectivity index (χ2v) is 5.35. The minimum Gasteiger partial charge on any atom is -0.466 e. The molecule has 1 fully saturated rings. The lowest BCUT2D eigenvalue weighted by atomic mass is 9.81. The highest BCUT2D eigenvalue weighted by Crippen LogP contribution is 2.46. The van der Waals surface area contributed by atoms with Crippen LogP contribution >= 0.6 is 0 Å². The van der Waals surface area contributed by atoms with Gasteiger partial charge in [-0.05, 0) is 12.5 Å². The molecule has 0 saturated carbocycles. The molecule has 9 heteroatoms. The van der Waals surface area contributed by atoms with Crippen LogP contribution in [0.2, 0.25) is 0 Å². The van der Waals surface area contributed by atoms with Crippen LogP contribution in [-0.2, 0) is 9.53 Å². The molecule has 0 aromatic heterocycles. The first-order valence-corrected chi connectivity index (χ1v) is 7.19. The zero-order valence-corrected chi connectivity index (χ0v) is 13.0. The molecular weight excluding hydrogens is 329 g/mol. The maximum atomic E-state index is 13.6. The number of amides is 2. The number of benzene rings is 1. The summed E-state index contributed by atoms with van der Waals surface area (Å²) >= 11 is 0. The van der Waals surface area contributed by atoms with Crippen LogP contribution in [-0.4, -0.2) is 47.6 Å². The summed E-state index contributed by atoms with van der Waals surface area (Å²) in [6.45, 7) is 1.27. The first kappa shape index (κ1) is 18.1. The number of hydrogen-bond donors (Lipinski definition) is 2. The third-order valence-corrected chi connectivity index (χ3v) is 3.98. The highest BCUT2D eigenvalue weighted by atomic mass is 19.4. The van der Waals surface area contributed by atoms with Crippen molar-refractivity contribution in [2.45, 2.75) is 24.9 Å². The van der Waals surface area contributed by atoms with E-state index in [0.29, 0.717) is 0 Å². The maximum Gasteiger partial charge on any atom is 0.437 e. The second-order valence-electron chi connectivity index (χ2n) is 5.35. The van der Waals surface area contributed by atoms with E-state index < -0.39 is 35.9 Å². The summed E-state index contributed by atoms with van der Waals surface area (Å²) in [6, 6.07) is 5.11. The topological polar surface area (TPSA) is 78.9 Å². The smallest absolute Gasteiger partial charge is 0.437 e. The number of alkyl halides is 3. The molecule has 0 aliphatic carbocycles. The van der Waals surface area contributed by atoms with E-state index in [0.717, 1.165) is 7.05 Å². The fraction of sp³-hybridized carbons (Fsp3) is 0.467. The van der Waals surface area contributed by atoms with E-state index in [4.69, 9.17) is 4.74 Å². The number of carbonyl (C=O) groups excluding carboxylic acids is 2. The van der Waals surface area contributed by atoms with Gasteiger partial charge in [-0.15, -0.1) is 0 Å². The van der Waals surface area contributed by atoms with Crippen molar-refractivity contribution >= 4 is 12.0 Å². The van der Waals surface area contributed by atoms with E-state index in [1.165, 1.54) is 19.1 Å². The highest BCUT2D eigenvalue weighted by Gasteiger charge is 2.69. The number of nitrogens with one attached hydrogen (secondary N) is 1. The molecule has 1 aromatic rings. The molecule has 1 aliphatic rings. The predicted molar refractivity (Wildman–Crippen MR) is 76.6 cm³/mol. The van der Waals surface area contributed by atoms with E-state index in [-0.39, 0.29) is 17.1 Å². The van der Waals surface area contributed by atoms with Gasteiger partial charge in [0.15, 0.2) is 0 Å². The van der Waals surface area contributed by atoms with Crippen LogP contribution in [0, 0.1) is 5.92 Å². The number of esters is 1. The molecule has 3 atom stereocenters. The van der Waals surface area contributed by atoms with Gasteiger partial charge in [0.2, 0.25) is 0 Å². The summed E-state index contributed by atoms with van der Waals surface area (Å²) in [6.07, 6.45) is -5.26. The van der Waals surface area contributed by atoms with Crippen molar-refractivity contribution in [1.82, 2.24) is 10.2 Å². The van der Waals surface area contributed by atoms with Crippen molar-refractivity contribution in [3.05, 3.63) is 35.9 Å². The Hall–Kier alpha value is -2.29. The van der Waals surface area contributed by atoms with Crippen LogP contribution in [0.15, 0.2) is 30.3 Å². The number of halogens is 3. The van der Waals surface area contributed by atoms with Gasteiger partial charge in [0, 0.05) is 7.05 Å². The first-order valence-electron chi connectivity index (χ1n) is 7.19. The minimum atomic E-state index is -5.26. The largest absolute Gasteiger partial charge is 0.466 e. The first-order chi connectivity index (χ1) is 11.1. The Bertz CT molecular complexity index is 623. The number of aliphatic hydroxyl groups is 1. The molecule has 0 spiro atoms. The van der Waals surface area contributed by atoms with Crippen LogP contribution in [0.4, 0.5) is 18.0 Å². The van der Waals surface area contributed by atoms with Gasteiger partial charge in [0.1, 0.15) is 5.92 Å². The molecular formula is C15H17F3N2O4. The Morgan fingerprint density at radius 1 is 1.38 bits per heavy atom. The van der Waals surface area contributed by atoms with E-state index >= 15 is 0 Å². The summed E-state index contributed by atoms with van der Waals surface area (Å²) in [7, 11) is 0.774. The van der Waals surface area contributed by atoms with Crippen LogP contribution in [0.25, 0.3) is 0 Å². The number of hydrogen-bond acceptors (Lipinski definition) is 4. The van der Waals surface area contributed by atoms with Crippen molar-refractivity contribution < 1.29 is 32.6 Å². The van der Waals surface area contributed by atoms with Crippen molar-refractivity contribution in [3.63, 3.8) is 0 Å². The van der Waals surface area contributed by atoms with Crippen LogP contribution in [0.5, 0.6) is 0 Å². The average molecular weight is 346 g/mol. The monoisotopic (exact) mass is 346 g/mol. The molecule has 2 N–H and O–H groups in total. The van der Waals surface area contributed by atoms with Crippen molar-refractivity contribution in [1.29, 1.82) is 0 Å². The van der Waals surface area contributed by atoms with E-state index in [1.54, 1.807) is 18.2 Å². The summed E-state index contributed by atoms with van der Waals surface area (Å²) in [4.78, 5) is 24.3. The van der Waals surface area contributed by atoms with Crippen LogP contribution < -0.4 is 5.32 Å². The van der Waals surface area contributed by atoms with Gasteiger partial charge in [-0.3, -0.25) is 9.69 Å². The minimum absolute atomic E-state index is 0.0774. The Morgan fingerprint density at radius 2 is 1.96 bits per heavy atom. The molecule has 1 heterocycles. The molecule has 2 rings (SSSR count). The normalized spacial score (nSPS) is 27.6. The average Bonchev–Trinajstić information content (AvgIpc) is 2.52. The lowest BCUT2D eigenvalue weighted by Gasteiger charge is -2.49. The van der Waals surface area contributed by atoms with E-state index in [9.17, 15) is 27.9 Å². The van der Waals surface area contributed by atoms with Crippen molar-refractivity contribution in [2.75, 3.05) is 13.7 Å². The number of nitrogens with zero attached hydrogens (tertiary/aromatic N) is 1. The van der Waals surface area contributed by atoms with Gasteiger partial charge < -0.3 is 15.2 Å². The molecule has 0 radical (unpaired) electrons. The number of urea groups is 1. The Kier molecular flexibility index (Phi) is 4.75. The Balaban J connectivity index is 2.61. The maximum absolute atomic E-state index is 13.6. The number of ether oxygens (including phenoxy) is 1. The van der Waals surface area contributed by atoms with Gasteiger partial charge in [-0.2, -0.15) is 13.2 Å². The fourth-order valence-corrected chi connectivity index (χ4v) is 2.74. The summed E-state index contributed by atoms with van der Waals surface area (Å²) in [5.41, 5.74) is -3.44. The standard InChI is InChI=1S/C15H17F3N2O4/c1-3-24-12(21)10-11(9-7-5-4-6-8-9)19-13(22)20(2)14(10,23)15(16,17)18/h4-8,10-11,23H,3H2,1-2H3,(H,19,22)/t10-,11+,14-/m1/s1. The van der Waals surface area contributed by atoms with E-state index in [2.05, 4.69) is 5.32 Å². The molecule has 2 amide bonds. The summed E-state index contributed by atoms with van der Waals surface area (Å²) in [5, 5.41) is 12.7. The lowest BCUT2D eigenvalue weighted by molar-refractivity contribution is -0.328.